The van der Waals surface area contributed by atoms with Gasteiger partial charge in [-0.3, -0.25) is 4.79 Å². The molecule has 2 fully saturated rings. The van der Waals surface area contributed by atoms with E-state index in [1.807, 2.05) is 153 Å². The van der Waals surface area contributed by atoms with Crippen molar-refractivity contribution >= 4 is 14.6 Å². The summed E-state index contributed by atoms with van der Waals surface area (Å²) in [6.07, 6.45) is -0.838. The van der Waals surface area contributed by atoms with Gasteiger partial charge in [-0.2, -0.15) is 0 Å². The number of ether oxygens (including phenoxy) is 2. The van der Waals surface area contributed by atoms with Crippen LogP contribution in [0.3, 0.4) is 0 Å². The number of aryl methyl sites for hydroxylation is 1. The lowest BCUT2D eigenvalue weighted by Crippen LogP contribution is -2.54. The number of hydrogen-bond donors (Lipinski definition) is 1. The summed E-state index contributed by atoms with van der Waals surface area (Å²) in [5, 5.41) is 9.78. The number of ketones is 1. The molecule has 1 N–H and O–H groups in total. The lowest BCUT2D eigenvalue weighted by Gasteiger charge is -2.42. The molecule has 2 heterocycles. The number of aliphatic hydroxyl groups excluding tert-OH is 1. The Labute approximate surface area is 318 Å². The van der Waals surface area contributed by atoms with E-state index >= 15 is 0 Å². The van der Waals surface area contributed by atoms with Gasteiger partial charge in [0.25, 0.3) is 0 Å². The van der Waals surface area contributed by atoms with Gasteiger partial charge >= 0.3 is 8.80 Å². The van der Waals surface area contributed by atoms with Gasteiger partial charge in [0.05, 0.1) is 6.61 Å². The van der Waals surface area contributed by atoms with Gasteiger partial charge in [0.2, 0.25) is 0 Å². The van der Waals surface area contributed by atoms with Crippen LogP contribution in [-0.2, 0) is 50.2 Å². The van der Waals surface area contributed by atoms with Crippen LogP contribution in [0.15, 0.2) is 152 Å². The average molecular weight is 745 g/mol. The van der Waals surface area contributed by atoms with E-state index in [1.54, 1.807) is 6.55 Å². The van der Waals surface area contributed by atoms with Crippen LogP contribution in [0.1, 0.15) is 60.9 Å². The maximum absolute atomic E-state index is 13.5. The fourth-order valence-electron chi connectivity index (χ4n) is 7.90. The van der Waals surface area contributed by atoms with Crippen molar-refractivity contribution in [2.45, 2.75) is 81.4 Å². The Morgan fingerprint density at radius 1 is 0.667 bits per heavy atom. The van der Waals surface area contributed by atoms with Gasteiger partial charge < -0.3 is 23.4 Å². The third kappa shape index (κ3) is 7.64. The first kappa shape index (κ1) is 38.0. The average Bonchev–Trinajstić information content (AvgIpc) is 3.50. The molecule has 0 spiro atoms. The van der Waals surface area contributed by atoms with Crippen LogP contribution in [0.5, 0.6) is 0 Å². The zero-order chi connectivity index (χ0) is 37.7. The molecule has 0 unspecified atom stereocenters. The number of fused-ring (bicyclic) bond motifs is 1. The largest absolute Gasteiger partial charge is 0.528 e. The minimum Gasteiger partial charge on any atom is -0.396 e. The molecule has 8 nitrogen and oxygen atoms in total. The van der Waals surface area contributed by atoms with Gasteiger partial charge in [-0.05, 0) is 60.9 Å². The summed E-state index contributed by atoms with van der Waals surface area (Å²) in [6, 6.07) is 49.9. The van der Waals surface area contributed by atoms with Crippen molar-refractivity contribution in [3.05, 3.63) is 179 Å². The van der Waals surface area contributed by atoms with Crippen molar-refractivity contribution in [1.82, 2.24) is 0 Å². The maximum atomic E-state index is 13.5. The van der Waals surface area contributed by atoms with Crippen molar-refractivity contribution in [3.8, 4) is 0 Å². The van der Waals surface area contributed by atoms with Crippen LogP contribution in [0, 0.1) is 0 Å². The van der Waals surface area contributed by atoms with Gasteiger partial charge in [0.15, 0.2) is 17.7 Å². The van der Waals surface area contributed by atoms with E-state index in [-0.39, 0.29) is 18.8 Å². The zero-order valence-electron chi connectivity index (χ0n) is 31.0. The molecule has 54 heavy (non-hydrogen) atoms. The Morgan fingerprint density at radius 2 is 1.06 bits per heavy atom. The Bertz CT molecular complexity index is 1760. The smallest absolute Gasteiger partial charge is 0.396 e. The van der Waals surface area contributed by atoms with E-state index in [1.165, 1.54) is 0 Å². The van der Waals surface area contributed by atoms with Crippen molar-refractivity contribution in [2.75, 3.05) is 6.61 Å². The van der Waals surface area contributed by atoms with Crippen molar-refractivity contribution in [2.24, 2.45) is 0 Å². The first-order valence-corrected chi connectivity index (χ1v) is 20.9. The van der Waals surface area contributed by atoms with Crippen LogP contribution in [0.2, 0.25) is 6.55 Å². The van der Waals surface area contributed by atoms with Gasteiger partial charge in [-0.1, -0.05) is 152 Å². The number of carbonyl (C=O) groups is 1. The lowest BCUT2D eigenvalue weighted by atomic mass is 9.72. The molecule has 3 atom stereocenters. The summed E-state index contributed by atoms with van der Waals surface area (Å²) in [4.78, 5) is 19.8. The van der Waals surface area contributed by atoms with Crippen molar-refractivity contribution in [3.63, 3.8) is 0 Å². The second kappa shape index (κ2) is 16.2. The highest BCUT2D eigenvalue weighted by Crippen LogP contribution is 2.57. The Hall–Kier alpha value is -4.29. The molecule has 5 aromatic carbocycles. The van der Waals surface area contributed by atoms with E-state index < -0.39 is 44.1 Å². The van der Waals surface area contributed by atoms with E-state index in [9.17, 15) is 9.90 Å². The predicted molar refractivity (Wildman–Crippen MR) is 207 cm³/mol. The summed E-state index contributed by atoms with van der Waals surface area (Å²) in [5.74, 6) is -1.31. The van der Waals surface area contributed by atoms with Gasteiger partial charge in [-0.25, -0.2) is 9.46 Å². The number of Topliss-reactive ketones (excluding diaryl/α,β-unsaturated/α-hetero) is 1. The molecule has 2 saturated heterocycles. The highest BCUT2D eigenvalue weighted by atomic mass is 28.4. The third-order valence-electron chi connectivity index (χ3n) is 10.2. The highest BCUT2D eigenvalue weighted by Gasteiger charge is 2.70. The lowest BCUT2D eigenvalue weighted by molar-refractivity contribution is -0.289. The summed E-state index contributed by atoms with van der Waals surface area (Å²) in [6.45, 7) is 5.32. The summed E-state index contributed by atoms with van der Waals surface area (Å²) >= 11 is 0. The second-order valence-electron chi connectivity index (χ2n) is 14.5. The quantitative estimate of drug-likeness (QED) is 0.0690. The van der Waals surface area contributed by atoms with E-state index in [0.717, 1.165) is 34.2 Å². The first-order valence-electron chi connectivity index (χ1n) is 18.7. The summed E-state index contributed by atoms with van der Waals surface area (Å²) in [7, 11) is -4.13. The molecule has 7 rings (SSSR count). The molecule has 5 aromatic rings. The molecule has 9 heteroatoms. The monoisotopic (exact) mass is 744 g/mol. The van der Waals surface area contributed by atoms with Gasteiger partial charge in [0, 0.05) is 13.0 Å². The molecular weight excluding hydrogens is 697 g/mol. The molecule has 0 aliphatic carbocycles. The van der Waals surface area contributed by atoms with Crippen LogP contribution >= 0.6 is 0 Å². The molecule has 0 radical (unpaired) electrons. The van der Waals surface area contributed by atoms with Crippen LogP contribution in [-0.4, -0.2) is 50.4 Å². The molecule has 0 bridgehead atoms. The zero-order valence-corrected chi connectivity index (χ0v) is 32.0. The standard InChI is InChI=1S/C45H48O8Si/c1-43(2)48-41-42(49-43)45(37-27-15-7-16-28-37,38-29-17-8-18-30-38)52-54(3,51-44(41,35-23-11-5-12-24-35)36-25-13-6-14-26-36)53-50-40(39(47)32-33-46)31-19-22-34-20-9-4-10-21-34/h4-18,20-21,23-30,40-42,46H,19,22,31-33H2,1-3H3/t40-,41-,42-/m1/s1. The molecule has 2 aliphatic heterocycles. The normalized spacial score (nSPS) is 21.4. The third-order valence-corrected chi connectivity index (χ3v) is 12.0. The topological polar surface area (TPSA) is 92.7 Å². The van der Waals surface area contributed by atoms with Gasteiger partial charge in [-0.15, -0.1) is 0 Å². The minimum absolute atomic E-state index is 0.0732. The molecule has 0 amide bonds. The van der Waals surface area contributed by atoms with Crippen LogP contribution < -0.4 is 0 Å². The van der Waals surface area contributed by atoms with Crippen molar-refractivity contribution < 1.29 is 37.7 Å². The van der Waals surface area contributed by atoms with Gasteiger partial charge in [0.1, 0.15) is 23.4 Å². The fraction of sp³-hybridized carbons (Fsp3) is 0.311. The molecule has 280 valence electrons. The Balaban J connectivity index is 1.40. The van der Waals surface area contributed by atoms with Crippen LogP contribution in [0.4, 0.5) is 0 Å². The van der Waals surface area contributed by atoms with E-state index in [4.69, 9.17) is 27.8 Å². The SMILES string of the molecule is CC1(C)O[C@@H]2[C@@H](O1)C(c1ccccc1)(c1ccccc1)O[Si](C)(OO[C@H](CCCc1ccccc1)C(=O)CCO)OC2(c1ccccc1)c1ccccc1. The first-order chi connectivity index (χ1) is 26.2. The fourth-order valence-corrected chi connectivity index (χ4v) is 10.2. The number of hydrogen-bond acceptors (Lipinski definition) is 8. The molecule has 0 saturated carbocycles. The maximum Gasteiger partial charge on any atom is 0.528 e. The van der Waals surface area contributed by atoms with Crippen molar-refractivity contribution in [1.29, 1.82) is 0 Å². The van der Waals surface area contributed by atoms with Crippen LogP contribution in [0.25, 0.3) is 0 Å². The molecule has 0 aromatic heterocycles. The summed E-state index contributed by atoms with van der Waals surface area (Å²) in [5.41, 5.74) is 1.72. The van der Waals surface area contributed by atoms with E-state index in [0.29, 0.717) is 12.8 Å². The highest BCUT2D eigenvalue weighted by molar-refractivity contribution is 6.59. The number of rotatable bonds is 14. The second-order valence-corrected chi connectivity index (χ2v) is 16.8. The summed E-state index contributed by atoms with van der Waals surface area (Å²) < 4.78 is 35.8. The Morgan fingerprint density at radius 3 is 1.44 bits per heavy atom. The number of carbonyl (C=O) groups excluding carboxylic acids is 1. The molecule has 2 aliphatic rings. The Kier molecular flexibility index (Phi) is 11.4. The number of benzene rings is 5. The minimum atomic E-state index is -4.13. The number of aliphatic hydroxyl groups is 1. The predicted octanol–water partition coefficient (Wildman–Crippen LogP) is 8.30. The van der Waals surface area contributed by atoms with E-state index in [2.05, 4.69) is 12.1 Å². The molecular formula is C45H48O8Si.